The Morgan fingerprint density at radius 3 is 3.00 bits per heavy atom. The lowest BCUT2D eigenvalue weighted by molar-refractivity contribution is 0.0806. The fourth-order valence-electron chi connectivity index (χ4n) is 2.39. The second-order valence-electron chi connectivity index (χ2n) is 4.18. The number of rotatable bonds is 3. The monoisotopic (exact) mass is 288 g/mol. The van der Waals surface area contributed by atoms with Crippen molar-refractivity contribution in [3.8, 4) is 0 Å². The van der Waals surface area contributed by atoms with E-state index in [0.717, 1.165) is 29.7 Å². The molecule has 6 heteroatoms. The Morgan fingerprint density at radius 2 is 2.44 bits per heavy atom. The summed E-state index contributed by atoms with van der Waals surface area (Å²) in [5, 5.41) is 7.93. The largest absolute Gasteiger partial charge is 0.378 e. The first-order chi connectivity index (χ1) is 7.65. The van der Waals surface area contributed by atoms with Crippen LogP contribution in [-0.4, -0.2) is 27.7 Å². The SMILES string of the molecule is CCC1OCCC1C(N)c1c(Br)nnn1C. The van der Waals surface area contributed by atoms with Crippen molar-refractivity contribution in [2.24, 2.45) is 18.7 Å². The molecule has 5 nitrogen and oxygen atoms in total. The average Bonchev–Trinajstić information content (AvgIpc) is 2.85. The van der Waals surface area contributed by atoms with E-state index in [9.17, 15) is 0 Å². The van der Waals surface area contributed by atoms with Gasteiger partial charge in [-0.2, -0.15) is 0 Å². The van der Waals surface area contributed by atoms with E-state index in [0.29, 0.717) is 5.92 Å². The third-order valence-corrected chi connectivity index (χ3v) is 3.83. The average molecular weight is 289 g/mol. The first-order valence-electron chi connectivity index (χ1n) is 5.57. The van der Waals surface area contributed by atoms with Crippen LogP contribution in [0.15, 0.2) is 4.60 Å². The number of aromatic nitrogens is 3. The second-order valence-corrected chi connectivity index (χ2v) is 4.94. The van der Waals surface area contributed by atoms with Gasteiger partial charge in [0.05, 0.1) is 17.8 Å². The highest BCUT2D eigenvalue weighted by Crippen LogP contribution is 2.34. The molecule has 0 saturated carbocycles. The van der Waals surface area contributed by atoms with E-state index in [1.807, 2.05) is 7.05 Å². The Morgan fingerprint density at radius 1 is 1.69 bits per heavy atom. The van der Waals surface area contributed by atoms with Gasteiger partial charge in [-0.15, -0.1) is 5.10 Å². The molecule has 1 aliphatic rings. The molecule has 0 aliphatic carbocycles. The van der Waals surface area contributed by atoms with Gasteiger partial charge >= 0.3 is 0 Å². The van der Waals surface area contributed by atoms with E-state index >= 15 is 0 Å². The summed E-state index contributed by atoms with van der Waals surface area (Å²) < 4.78 is 8.14. The van der Waals surface area contributed by atoms with Gasteiger partial charge in [-0.1, -0.05) is 12.1 Å². The lowest BCUT2D eigenvalue weighted by Crippen LogP contribution is -2.29. The number of nitrogens with zero attached hydrogens (tertiary/aromatic N) is 3. The zero-order valence-corrected chi connectivity index (χ0v) is 11.1. The van der Waals surface area contributed by atoms with Crippen molar-refractivity contribution in [2.45, 2.75) is 31.9 Å². The van der Waals surface area contributed by atoms with E-state index in [2.05, 4.69) is 33.2 Å². The van der Waals surface area contributed by atoms with Crippen molar-refractivity contribution >= 4 is 15.9 Å². The Labute approximate surface area is 103 Å². The van der Waals surface area contributed by atoms with Crippen molar-refractivity contribution in [2.75, 3.05) is 6.61 Å². The van der Waals surface area contributed by atoms with E-state index in [4.69, 9.17) is 10.5 Å². The molecule has 0 aromatic carbocycles. The van der Waals surface area contributed by atoms with E-state index in [1.165, 1.54) is 0 Å². The Balaban J connectivity index is 2.21. The predicted molar refractivity (Wildman–Crippen MR) is 63.8 cm³/mol. The zero-order chi connectivity index (χ0) is 11.7. The molecule has 0 bridgehead atoms. The highest BCUT2D eigenvalue weighted by molar-refractivity contribution is 9.10. The highest BCUT2D eigenvalue weighted by atomic mass is 79.9. The lowest BCUT2D eigenvalue weighted by Gasteiger charge is -2.23. The van der Waals surface area contributed by atoms with Crippen molar-refractivity contribution in [1.82, 2.24) is 15.0 Å². The standard InChI is InChI=1S/C10H17BrN4O/c1-3-7-6(4-5-16-7)8(12)9-10(11)13-14-15(9)2/h6-8H,3-5,12H2,1-2H3. The van der Waals surface area contributed by atoms with Crippen LogP contribution in [0.25, 0.3) is 0 Å². The van der Waals surface area contributed by atoms with Gasteiger partial charge in [-0.25, -0.2) is 4.68 Å². The van der Waals surface area contributed by atoms with Crippen LogP contribution in [0.1, 0.15) is 31.5 Å². The minimum absolute atomic E-state index is 0.0678. The quantitative estimate of drug-likeness (QED) is 0.913. The summed E-state index contributed by atoms with van der Waals surface area (Å²) in [4.78, 5) is 0. The van der Waals surface area contributed by atoms with Crippen LogP contribution in [0.2, 0.25) is 0 Å². The smallest absolute Gasteiger partial charge is 0.153 e. The molecular formula is C10H17BrN4O. The fourth-order valence-corrected chi connectivity index (χ4v) is 2.98. The molecule has 3 atom stereocenters. The maximum absolute atomic E-state index is 6.30. The molecule has 1 saturated heterocycles. The Bertz CT molecular complexity index is 348. The van der Waals surface area contributed by atoms with Crippen LogP contribution >= 0.6 is 15.9 Å². The number of hydrogen-bond acceptors (Lipinski definition) is 4. The first-order valence-corrected chi connectivity index (χ1v) is 6.36. The number of ether oxygens (including phenoxy) is 1. The van der Waals surface area contributed by atoms with Crippen LogP contribution in [-0.2, 0) is 11.8 Å². The summed E-state index contributed by atoms with van der Waals surface area (Å²) in [6.45, 7) is 2.94. The molecule has 1 fully saturated rings. The topological polar surface area (TPSA) is 66.0 Å². The molecular weight excluding hydrogens is 272 g/mol. The van der Waals surface area contributed by atoms with Gasteiger partial charge in [0.2, 0.25) is 0 Å². The molecule has 1 aliphatic heterocycles. The summed E-state index contributed by atoms with van der Waals surface area (Å²) in [5.41, 5.74) is 7.25. The second kappa shape index (κ2) is 4.81. The Hall–Kier alpha value is -0.460. The van der Waals surface area contributed by atoms with E-state index in [1.54, 1.807) is 4.68 Å². The van der Waals surface area contributed by atoms with Crippen LogP contribution < -0.4 is 5.73 Å². The summed E-state index contributed by atoms with van der Waals surface area (Å²) >= 11 is 3.39. The van der Waals surface area contributed by atoms with E-state index in [-0.39, 0.29) is 12.1 Å². The summed E-state index contributed by atoms with van der Waals surface area (Å²) in [6.07, 6.45) is 2.27. The fraction of sp³-hybridized carbons (Fsp3) is 0.800. The summed E-state index contributed by atoms with van der Waals surface area (Å²) in [5.74, 6) is 0.360. The maximum Gasteiger partial charge on any atom is 0.153 e. The van der Waals surface area contributed by atoms with Crippen molar-refractivity contribution in [3.63, 3.8) is 0 Å². The minimum Gasteiger partial charge on any atom is -0.378 e. The molecule has 0 radical (unpaired) electrons. The molecule has 0 spiro atoms. The number of aryl methyl sites for hydroxylation is 1. The van der Waals surface area contributed by atoms with Gasteiger partial charge in [0.1, 0.15) is 0 Å². The normalized spacial score (nSPS) is 27.2. The van der Waals surface area contributed by atoms with Gasteiger partial charge in [0, 0.05) is 19.6 Å². The number of hydrogen-bond donors (Lipinski definition) is 1. The van der Waals surface area contributed by atoms with Crippen molar-refractivity contribution < 1.29 is 4.74 Å². The predicted octanol–water partition coefficient (Wildman–Crippen LogP) is 1.39. The van der Waals surface area contributed by atoms with Gasteiger partial charge in [0.15, 0.2) is 4.60 Å². The van der Waals surface area contributed by atoms with Gasteiger partial charge < -0.3 is 10.5 Å². The Kier molecular flexibility index (Phi) is 3.61. The van der Waals surface area contributed by atoms with Crippen LogP contribution in [0.5, 0.6) is 0 Å². The molecule has 2 rings (SSSR count). The minimum atomic E-state index is -0.0678. The zero-order valence-electron chi connectivity index (χ0n) is 9.56. The van der Waals surface area contributed by atoms with Crippen LogP contribution in [0.3, 0.4) is 0 Å². The van der Waals surface area contributed by atoms with Crippen LogP contribution in [0.4, 0.5) is 0 Å². The molecule has 90 valence electrons. The molecule has 2 heterocycles. The summed E-state index contributed by atoms with van der Waals surface area (Å²) in [7, 11) is 1.86. The molecule has 1 aromatic rings. The summed E-state index contributed by atoms with van der Waals surface area (Å²) in [6, 6.07) is -0.0678. The molecule has 0 amide bonds. The molecule has 3 unspecified atom stereocenters. The van der Waals surface area contributed by atoms with E-state index < -0.39 is 0 Å². The number of nitrogens with two attached hydrogens (primary N) is 1. The van der Waals surface area contributed by atoms with Crippen molar-refractivity contribution in [3.05, 3.63) is 10.3 Å². The maximum atomic E-state index is 6.30. The molecule has 1 aromatic heterocycles. The molecule has 2 N–H and O–H groups in total. The van der Waals surface area contributed by atoms with Crippen molar-refractivity contribution in [1.29, 1.82) is 0 Å². The number of halogens is 1. The van der Waals surface area contributed by atoms with Gasteiger partial charge in [-0.05, 0) is 28.8 Å². The van der Waals surface area contributed by atoms with Gasteiger partial charge in [-0.3, -0.25) is 0 Å². The van der Waals surface area contributed by atoms with Crippen LogP contribution in [0, 0.1) is 5.92 Å². The first kappa shape index (κ1) is 12.0. The third kappa shape index (κ3) is 2.01. The molecule has 16 heavy (non-hydrogen) atoms. The highest BCUT2D eigenvalue weighted by Gasteiger charge is 2.35. The third-order valence-electron chi connectivity index (χ3n) is 3.27. The van der Waals surface area contributed by atoms with Gasteiger partial charge in [0.25, 0.3) is 0 Å². The lowest BCUT2D eigenvalue weighted by atomic mass is 9.90.